The van der Waals surface area contributed by atoms with Crippen molar-refractivity contribution in [1.29, 1.82) is 0 Å². The van der Waals surface area contributed by atoms with Gasteiger partial charge < -0.3 is 9.64 Å². The first kappa shape index (κ1) is 17.6. The van der Waals surface area contributed by atoms with E-state index in [9.17, 15) is 4.39 Å². The molecule has 28 heavy (non-hydrogen) atoms. The lowest BCUT2D eigenvalue weighted by molar-refractivity contribution is 0.197. The van der Waals surface area contributed by atoms with E-state index in [1.807, 2.05) is 22.8 Å². The maximum atomic E-state index is 13.8. The number of likely N-dealkylation sites (tertiary alicyclic amines) is 1. The molecule has 3 aromatic rings. The van der Waals surface area contributed by atoms with Gasteiger partial charge >= 0.3 is 0 Å². The molecule has 1 aliphatic carbocycles. The maximum absolute atomic E-state index is 13.8. The molecule has 1 saturated heterocycles. The number of piperidine rings is 1. The molecule has 0 N–H and O–H groups in total. The van der Waals surface area contributed by atoms with Crippen molar-refractivity contribution in [2.75, 3.05) is 26.7 Å². The van der Waals surface area contributed by atoms with Crippen LogP contribution in [0.2, 0.25) is 0 Å². The summed E-state index contributed by atoms with van der Waals surface area (Å²) in [6, 6.07) is 8.45. The third-order valence-corrected chi connectivity index (χ3v) is 5.90. The van der Waals surface area contributed by atoms with Gasteiger partial charge in [-0.05, 0) is 68.5 Å². The number of rotatable bonds is 5. The molecule has 146 valence electrons. The average Bonchev–Trinajstić information content (AvgIpc) is 3.42. The first-order chi connectivity index (χ1) is 13.7. The Kier molecular flexibility index (Phi) is 4.51. The summed E-state index contributed by atoms with van der Waals surface area (Å²) in [6.07, 6.45) is 7.04. The fourth-order valence-corrected chi connectivity index (χ4v) is 4.24. The van der Waals surface area contributed by atoms with Gasteiger partial charge in [0.1, 0.15) is 11.6 Å². The van der Waals surface area contributed by atoms with Crippen LogP contribution in [0.5, 0.6) is 5.75 Å². The van der Waals surface area contributed by atoms with E-state index in [1.54, 1.807) is 13.2 Å². The molecule has 3 heterocycles. The summed E-state index contributed by atoms with van der Waals surface area (Å²) in [5.41, 5.74) is 2.41. The standard InChI is InChI=1S/C22H25FN4O/c1-28-20-8-7-18(23)11-19(20)16-6-9-21-24-22(25-27(21)14-16)17-3-2-10-26(13-17)12-15-4-5-15/h6-9,11,14-15,17H,2-5,10,12-13H2,1H3/t17-/m1/s1. The van der Waals surface area contributed by atoms with Crippen LogP contribution in [0.25, 0.3) is 16.8 Å². The van der Waals surface area contributed by atoms with Gasteiger partial charge in [-0.3, -0.25) is 0 Å². The lowest BCUT2D eigenvalue weighted by Gasteiger charge is -2.31. The Hall–Kier alpha value is -2.47. The zero-order chi connectivity index (χ0) is 19.1. The van der Waals surface area contributed by atoms with Crippen LogP contribution >= 0.6 is 0 Å². The molecule has 0 unspecified atom stereocenters. The third kappa shape index (κ3) is 3.49. The highest BCUT2D eigenvalue weighted by Gasteiger charge is 2.29. The molecule has 1 aromatic carbocycles. The molecule has 2 aromatic heterocycles. The van der Waals surface area contributed by atoms with Gasteiger partial charge in [0, 0.05) is 36.3 Å². The Morgan fingerprint density at radius 3 is 2.89 bits per heavy atom. The monoisotopic (exact) mass is 380 g/mol. The molecular weight excluding hydrogens is 355 g/mol. The van der Waals surface area contributed by atoms with E-state index < -0.39 is 0 Å². The van der Waals surface area contributed by atoms with Crippen molar-refractivity contribution in [3.63, 3.8) is 0 Å². The number of hydrogen-bond donors (Lipinski definition) is 0. The van der Waals surface area contributed by atoms with Gasteiger partial charge in [-0.15, -0.1) is 0 Å². The fourth-order valence-electron chi connectivity index (χ4n) is 4.24. The molecule has 1 saturated carbocycles. The van der Waals surface area contributed by atoms with Crippen LogP contribution in [0.15, 0.2) is 36.5 Å². The van der Waals surface area contributed by atoms with Crippen molar-refractivity contribution >= 4 is 5.65 Å². The summed E-state index contributed by atoms with van der Waals surface area (Å²) in [5, 5.41) is 4.77. The molecule has 0 spiro atoms. The zero-order valence-corrected chi connectivity index (χ0v) is 16.1. The van der Waals surface area contributed by atoms with Gasteiger partial charge in [0.05, 0.1) is 7.11 Å². The lowest BCUT2D eigenvalue weighted by Crippen LogP contribution is -2.36. The van der Waals surface area contributed by atoms with E-state index in [1.165, 1.54) is 44.5 Å². The first-order valence-corrected chi connectivity index (χ1v) is 10.1. The van der Waals surface area contributed by atoms with Crippen LogP contribution in [-0.4, -0.2) is 46.2 Å². The number of methoxy groups -OCH3 is 1. The molecule has 1 aliphatic heterocycles. The topological polar surface area (TPSA) is 42.7 Å². The SMILES string of the molecule is COc1ccc(F)cc1-c1ccc2nc([C@@H]3CCCN(CC4CC4)C3)nn2c1. The van der Waals surface area contributed by atoms with Gasteiger partial charge in [-0.2, -0.15) is 5.10 Å². The molecule has 0 radical (unpaired) electrons. The van der Waals surface area contributed by atoms with Gasteiger partial charge in [0.25, 0.3) is 0 Å². The highest BCUT2D eigenvalue weighted by molar-refractivity contribution is 5.71. The molecule has 2 fully saturated rings. The molecule has 0 amide bonds. The highest BCUT2D eigenvalue weighted by atomic mass is 19.1. The molecule has 0 bridgehead atoms. The van der Waals surface area contributed by atoms with Crippen LogP contribution in [0.4, 0.5) is 4.39 Å². The number of aromatic nitrogens is 3. The van der Waals surface area contributed by atoms with E-state index in [2.05, 4.69) is 4.90 Å². The lowest BCUT2D eigenvalue weighted by atomic mass is 9.97. The zero-order valence-electron chi connectivity index (χ0n) is 16.1. The second-order valence-corrected chi connectivity index (χ2v) is 8.08. The number of hydrogen-bond acceptors (Lipinski definition) is 4. The molecule has 2 aliphatic rings. The second-order valence-electron chi connectivity index (χ2n) is 8.08. The fraction of sp³-hybridized carbons (Fsp3) is 0.455. The number of fused-ring (bicyclic) bond motifs is 1. The maximum Gasteiger partial charge on any atom is 0.156 e. The normalized spacial score (nSPS) is 20.6. The largest absolute Gasteiger partial charge is 0.496 e. The van der Waals surface area contributed by atoms with E-state index in [0.717, 1.165) is 41.5 Å². The van der Waals surface area contributed by atoms with E-state index in [4.69, 9.17) is 14.8 Å². The van der Waals surface area contributed by atoms with Crippen molar-refractivity contribution in [2.45, 2.75) is 31.6 Å². The van der Waals surface area contributed by atoms with Crippen molar-refractivity contribution < 1.29 is 9.13 Å². The Labute approximate surface area is 164 Å². The summed E-state index contributed by atoms with van der Waals surface area (Å²) in [5.74, 6) is 2.58. The first-order valence-electron chi connectivity index (χ1n) is 10.1. The highest BCUT2D eigenvalue weighted by Crippen LogP contribution is 2.33. The summed E-state index contributed by atoms with van der Waals surface area (Å²) in [6.45, 7) is 3.48. The van der Waals surface area contributed by atoms with Crippen LogP contribution in [0, 0.1) is 11.7 Å². The van der Waals surface area contributed by atoms with Crippen LogP contribution in [-0.2, 0) is 0 Å². The quantitative estimate of drug-likeness (QED) is 0.667. The third-order valence-electron chi connectivity index (χ3n) is 5.90. The number of pyridine rings is 1. The molecule has 5 nitrogen and oxygen atoms in total. The molecular formula is C22H25FN4O. The number of halogens is 1. The van der Waals surface area contributed by atoms with Gasteiger partial charge in [-0.1, -0.05) is 0 Å². The predicted molar refractivity (Wildman–Crippen MR) is 106 cm³/mol. The van der Waals surface area contributed by atoms with Crippen LogP contribution in [0.1, 0.15) is 37.4 Å². The minimum atomic E-state index is -0.284. The smallest absolute Gasteiger partial charge is 0.156 e. The minimum Gasteiger partial charge on any atom is -0.496 e. The summed E-state index contributed by atoms with van der Waals surface area (Å²) >= 11 is 0. The van der Waals surface area contributed by atoms with Crippen molar-refractivity contribution in [3.05, 3.63) is 48.2 Å². The van der Waals surface area contributed by atoms with E-state index in [-0.39, 0.29) is 5.82 Å². The summed E-state index contributed by atoms with van der Waals surface area (Å²) < 4.78 is 21.0. The van der Waals surface area contributed by atoms with Gasteiger partial charge in [0.15, 0.2) is 11.5 Å². The Morgan fingerprint density at radius 1 is 1.18 bits per heavy atom. The van der Waals surface area contributed by atoms with E-state index >= 15 is 0 Å². The van der Waals surface area contributed by atoms with Gasteiger partial charge in [-0.25, -0.2) is 13.9 Å². The Balaban J connectivity index is 1.43. The summed E-state index contributed by atoms with van der Waals surface area (Å²) in [7, 11) is 1.60. The Morgan fingerprint density at radius 2 is 2.07 bits per heavy atom. The predicted octanol–water partition coefficient (Wildman–Crippen LogP) is 4.13. The molecule has 5 rings (SSSR count). The van der Waals surface area contributed by atoms with Crippen molar-refractivity contribution in [2.24, 2.45) is 5.92 Å². The Bertz CT molecular complexity index is 997. The number of ether oxygens (including phenoxy) is 1. The van der Waals surface area contributed by atoms with Crippen LogP contribution < -0.4 is 4.74 Å². The molecule has 6 heteroatoms. The minimum absolute atomic E-state index is 0.284. The van der Waals surface area contributed by atoms with Crippen molar-refractivity contribution in [1.82, 2.24) is 19.5 Å². The summed E-state index contributed by atoms with van der Waals surface area (Å²) in [4.78, 5) is 7.36. The van der Waals surface area contributed by atoms with Crippen LogP contribution in [0.3, 0.4) is 0 Å². The second kappa shape index (κ2) is 7.17. The van der Waals surface area contributed by atoms with Crippen molar-refractivity contribution in [3.8, 4) is 16.9 Å². The number of benzene rings is 1. The average molecular weight is 380 g/mol. The van der Waals surface area contributed by atoms with Gasteiger partial charge in [0.2, 0.25) is 0 Å². The van der Waals surface area contributed by atoms with E-state index in [0.29, 0.717) is 11.7 Å². The molecule has 1 atom stereocenters. The number of nitrogens with zero attached hydrogens (tertiary/aromatic N) is 4.